The lowest BCUT2D eigenvalue weighted by Gasteiger charge is -2.43. The number of sulfonamides is 1. The van der Waals surface area contributed by atoms with Crippen LogP contribution in [-0.4, -0.2) is 30.3 Å². The molecule has 0 bridgehead atoms. The minimum absolute atomic E-state index is 0.179. The van der Waals surface area contributed by atoms with Crippen molar-refractivity contribution in [1.82, 2.24) is 9.29 Å². The highest BCUT2D eigenvalue weighted by Gasteiger charge is 2.39. The molecule has 1 aliphatic carbocycles. The van der Waals surface area contributed by atoms with Gasteiger partial charge >= 0.3 is 0 Å². The molecule has 4 nitrogen and oxygen atoms in total. The lowest BCUT2D eigenvalue weighted by molar-refractivity contribution is 0.129. The first-order valence-corrected chi connectivity index (χ1v) is 9.04. The molecule has 2 atom stereocenters. The van der Waals surface area contributed by atoms with Gasteiger partial charge in [0.1, 0.15) is 10.0 Å². The van der Waals surface area contributed by atoms with Gasteiger partial charge in [-0.3, -0.25) is 0 Å². The van der Waals surface area contributed by atoms with Gasteiger partial charge in [0.15, 0.2) is 0 Å². The Labute approximate surface area is 125 Å². The lowest BCUT2D eigenvalue weighted by Crippen LogP contribution is -2.49. The molecule has 3 rings (SSSR count). The number of pyridine rings is 1. The minimum Gasteiger partial charge on any atom is -0.243 e. The summed E-state index contributed by atoms with van der Waals surface area (Å²) in [6.07, 6.45) is 8.01. The average Bonchev–Trinajstić information content (AvgIpc) is 2.47. The molecule has 0 amide bonds. The molecular formula is C14H19ClN2O2S. The summed E-state index contributed by atoms with van der Waals surface area (Å²) in [6.45, 7) is 0.631. The zero-order chi connectivity index (χ0) is 14.2. The molecule has 1 aromatic heterocycles. The Morgan fingerprint density at radius 2 is 1.90 bits per heavy atom. The third kappa shape index (κ3) is 2.59. The fourth-order valence-corrected chi connectivity index (χ4v) is 5.34. The first-order chi connectivity index (χ1) is 9.59. The molecule has 1 aromatic rings. The molecule has 0 unspecified atom stereocenters. The normalized spacial score (nSPS) is 28.1. The number of hydrogen-bond donors (Lipinski definition) is 0. The van der Waals surface area contributed by atoms with Crippen molar-refractivity contribution in [2.45, 2.75) is 49.5 Å². The van der Waals surface area contributed by atoms with Crippen molar-refractivity contribution in [3.63, 3.8) is 0 Å². The van der Waals surface area contributed by atoms with Crippen molar-refractivity contribution in [2.24, 2.45) is 5.92 Å². The maximum absolute atomic E-state index is 12.8. The van der Waals surface area contributed by atoms with E-state index in [4.69, 9.17) is 11.6 Å². The fourth-order valence-electron chi connectivity index (χ4n) is 3.53. The molecule has 2 heterocycles. The van der Waals surface area contributed by atoms with E-state index in [2.05, 4.69) is 4.98 Å². The first-order valence-electron chi connectivity index (χ1n) is 7.22. The molecule has 20 heavy (non-hydrogen) atoms. The van der Waals surface area contributed by atoms with Crippen molar-refractivity contribution in [1.29, 1.82) is 0 Å². The highest BCUT2D eigenvalue weighted by Crippen LogP contribution is 2.37. The molecule has 1 saturated carbocycles. The zero-order valence-corrected chi connectivity index (χ0v) is 12.9. The van der Waals surface area contributed by atoms with Crippen molar-refractivity contribution < 1.29 is 8.42 Å². The standard InChI is InChI=1S/C14H19ClN2O2S/c15-14-8-7-12(10-16-14)20(18,19)17-9-3-5-11-4-1-2-6-13(11)17/h7-8,10-11,13H,1-6,9H2/t11-,13-/m0/s1. The molecule has 1 aliphatic heterocycles. The Balaban J connectivity index is 1.91. The van der Waals surface area contributed by atoms with E-state index in [1.54, 1.807) is 10.4 Å². The van der Waals surface area contributed by atoms with Crippen LogP contribution in [0.4, 0.5) is 0 Å². The van der Waals surface area contributed by atoms with E-state index in [0.717, 1.165) is 32.1 Å². The molecule has 0 N–H and O–H groups in total. The molecule has 0 radical (unpaired) electrons. The number of rotatable bonds is 2. The topological polar surface area (TPSA) is 50.3 Å². The van der Waals surface area contributed by atoms with Gasteiger partial charge in [-0.1, -0.05) is 24.4 Å². The Hall–Kier alpha value is -0.650. The number of nitrogens with zero attached hydrogens (tertiary/aromatic N) is 2. The zero-order valence-electron chi connectivity index (χ0n) is 11.3. The van der Waals surface area contributed by atoms with E-state index in [1.807, 2.05) is 0 Å². The molecular weight excluding hydrogens is 296 g/mol. The van der Waals surface area contributed by atoms with Crippen LogP contribution in [0.5, 0.6) is 0 Å². The van der Waals surface area contributed by atoms with Crippen LogP contribution in [-0.2, 0) is 10.0 Å². The van der Waals surface area contributed by atoms with E-state index >= 15 is 0 Å². The van der Waals surface area contributed by atoms with Crippen LogP contribution in [0.1, 0.15) is 38.5 Å². The molecule has 1 saturated heterocycles. The number of fused-ring (bicyclic) bond motifs is 1. The quantitative estimate of drug-likeness (QED) is 0.788. The number of halogens is 1. The summed E-state index contributed by atoms with van der Waals surface area (Å²) in [5, 5.41) is 0.318. The summed E-state index contributed by atoms with van der Waals surface area (Å²) < 4.78 is 27.3. The maximum atomic E-state index is 12.8. The minimum atomic E-state index is -3.44. The van der Waals surface area contributed by atoms with Crippen LogP contribution < -0.4 is 0 Å². The predicted octanol–water partition coefficient (Wildman–Crippen LogP) is 3.08. The van der Waals surface area contributed by atoms with Crippen molar-refractivity contribution in [3.8, 4) is 0 Å². The van der Waals surface area contributed by atoms with Gasteiger partial charge < -0.3 is 0 Å². The number of piperidine rings is 1. The smallest absolute Gasteiger partial charge is 0.243 e. The predicted molar refractivity (Wildman–Crippen MR) is 78.1 cm³/mol. The third-order valence-corrected chi connectivity index (χ3v) is 6.63. The molecule has 0 spiro atoms. The Kier molecular flexibility index (Phi) is 4.02. The van der Waals surface area contributed by atoms with Crippen LogP contribution in [0.3, 0.4) is 0 Å². The second-order valence-electron chi connectivity index (χ2n) is 5.69. The molecule has 110 valence electrons. The van der Waals surface area contributed by atoms with Crippen LogP contribution >= 0.6 is 11.6 Å². The summed E-state index contributed by atoms with van der Waals surface area (Å²) in [5.41, 5.74) is 0. The lowest BCUT2D eigenvalue weighted by atomic mass is 9.79. The highest BCUT2D eigenvalue weighted by atomic mass is 35.5. The molecule has 2 aliphatic rings. The van der Waals surface area contributed by atoms with Gasteiger partial charge in [0.05, 0.1) is 0 Å². The maximum Gasteiger partial charge on any atom is 0.244 e. The Bertz CT molecular complexity index is 571. The Morgan fingerprint density at radius 1 is 1.15 bits per heavy atom. The monoisotopic (exact) mass is 314 g/mol. The van der Waals surface area contributed by atoms with Crippen LogP contribution in [0.25, 0.3) is 0 Å². The summed E-state index contributed by atoms with van der Waals surface area (Å²) in [4.78, 5) is 4.16. The van der Waals surface area contributed by atoms with Crippen LogP contribution in [0.15, 0.2) is 23.2 Å². The van der Waals surface area contributed by atoms with Gasteiger partial charge in [-0.2, -0.15) is 4.31 Å². The third-order valence-electron chi connectivity index (χ3n) is 4.50. The fraction of sp³-hybridized carbons (Fsp3) is 0.643. The van der Waals surface area contributed by atoms with Crippen LogP contribution in [0, 0.1) is 5.92 Å². The first kappa shape index (κ1) is 14.3. The molecule has 6 heteroatoms. The van der Waals surface area contributed by atoms with E-state index in [1.165, 1.54) is 18.7 Å². The van der Waals surface area contributed by atoms with Gasteiger partial charge in [-0.25, -0.2) is 13.4 Å². The van der Waals surface area contributed by atoms with E-state index in [-0.39, 0.29) is 10.9 Å². The Morgan fingerprint density at radius 3 is 2.65 bits per heavy atom. The second kappa shape index (κ2) is 5.62. The van der Waals surface area contributed by atoms with Crippen molar-refractivity contribution >= 4 is 21.6 Å². The van der Waals surface area contributed by atoms with Gasteiger partial charge in [-0.15, -0.1) is 0 Å². The molecule has 2 fully saturated rings. The van der Waals surface area contributed by atoms with Gasteiger partial charge in [0.2, 0.25) is 10.0 Å². The van der Waals surface area contributed by atoms with Gasteiger partial charge in [0, 0.05) is 18.8 Å². The van der Waals surface area contributed by atoms with Crippen molar-refractivity contribution in [3.05, 3.63) is 23.5 Å². The van der Waals surface area contributed by atoms with E-state index < -0.39 is 10.0 Å². The summed E-state index contributed by atoms with van der Waals surface area (Å²) in [7, 11) is -3.44. The number of aromatic nitrogens is 1. The summed E-state index contributed by atoms with van der Waals surface area (Å²) in [6, 6.07) is 3.27. The molecule has 0 aromatic carbocycles. The van der Waals surface area contributed by atoms with Gasteiger partial charge in [-0.05, 0) is 43.7 Å². The average molecular weight is 315 g/mol. The SMILES string of the molecule is O=S(=O)(c1ccc(Cl)nc1)N1CCC[C@@H]2CCCC[C@@H]21. The summed E-state index contributed by atoms with van der Waals surface area (Å²) in [5.74, 6) is 0.535. The number of hydrogen-bond acceptors (Lipinski definition) is 3. The second-order valence-corrected chi connectivity index (χ2v) is 7.96. The van der Waals surface area contributed by atoms with E-state index in [9.17, 15) is 8.42 Å². The van der Waals surface area contributed by atoms with Crippen molar-refractivity contribution in [2.75, 3.05) is 6.54 Å². The van der Waals surface area contributed by atoms with Crippen LogP contribution in [0.2, 0.25) is 5.15 Å². The highest BCUT2D eigenvalue weighted by molar-refractivity contribution is 7.89. The summed E-state index contributed by atoms with van der Waals surface area (Å²) >= 11 is 5.74. The van der Waals surface area contributed by atoms with E-state index in [0.29, 0.717) is 17.6 Å². The van der Waals surface area contributed by atoms with Gasteiger partial charge in [0.25, 0.3) is 0 Å². The largest absolute Gasteiger partial charge is 0.244 e.